The maximum absolute atomic E-state index is 13.2. The second-order valence-corrected chi connectivity index (χ2v) is 9.56. The molecule has 8 heteroatoms. The van der Waals surface area contributed by atoms with E-state index >= 15 is 0 Å². The molecule has 0 atom stereocenters. The first kappa shape index (κ1) is 20.6. The minimum atomic E-state index is -3.92. The third kappa shape index (κ3) is 5.01. The van der Waals surface area contributed by atoms with Crippen molar-refractivity contribution in [2.24, 2.45) is 0 Å². The maximum Gasteiger partial charge on any atom is 0.264 e. The Balaban J connectivity index is 1.94. The molecule has 0 aliphatic carbocycles. The monoisotopic (exact) mass is 522 g/mol. The van der Waals surface area contributed by atoms with Crippen molar-refractivity contribution in [1.82, 2.24) is 0 Å². The smallest absolute Gasteiger partial charge is 0.264 e. The van der Waals surface area contributed by atoms with Gasteiger partial charge in [0.15, 0.2) is 0 Å². The van der Waals surface area contributed by atoms with Gasteiger partial charge in [0.25, 0.3) is 10.0 Å². The predicted octanol–water partition coefficient (Wildman–Crippen LogP) is 5.05. The van der Waals surface area contributed by atoms with Gasteiger partial charge in [-0.15, -0.1) is 0 Å². The Morgan fingerprint density at radius 3 is 2.14 bits per heavy atom. The Kier molecular flexibility index (Phi) is 6.53. The molecule has 0 aromatic heterocycles. The summed E-state index contributed by atoms with van der Waals surface area (Å²) in [7, 11) is -3.92. The summed E-state index contributed by atoms with van der Waals surface area (Å²) in [5.74, 6) is -0.447. The minimum Gasteiger partial charge on any atom is -0.324 e. The van der Waals surface area contributed by atoms with Gasteiger partial charge in [-0.2, -0.15) is 0 Å². The summed E-state index contributed by atoms with van der Waals surface area (Å²) in [6, 6.07) is 22.0. The summed E-state index contributed by atoms with van der Waals surface area (Å²) in [5.41, 5.74) is 0.966. The van der Waals surface area contributed by atoms with Gasteiger partial charge in [-0.1, -0.05) is 62.2 Å². The van der Waals surface area contributed by atoms with Crippen molar-refractivity contribution < 1.29 is 13.2 Å². The molecular formula is C20H16Br2N2O3S. The highest BCUT2D eigenvalue weighted by molar-refractivity contribution is 9.10. The molecule has 144 valence electrons. The highest BCUT2D eigenvalue weighted by Gasteiger charge is 2.27. The third-order valence-electron chi connectivity index (χ3n) is 3.82. The first-order chi connectivity index (χ1) is 13.4. The number of benzene rings is 3. The van der Waals surface area contributed by atoms with Crippen molar-refractivity contribution in [3.63, 3.8) is 0 Å². The Morgan fingerprint density at radius 2 is 1.50 bits per heavy atom. The molecule has 1 amide bonds. The minimum absolute atomic E-state index is 0.116. The van der Waals surface area contributed by atoms with Crippen molar-refractivity contribution in [1.29, 1.82) is 0 Å². The lowest BCUT2D eigenvalue weighted by Gasteiger charge is -2.24. The summed E-state index contributed by atoms with van der Waals surface area (Å²) in [5, 5.41) is 2.73. The fraction of sp³-hybridized carbons (Fsp3) is 0.0500. The van der Waals surface area contributed by atoms with Crippen LogP contribution in [0.1, 0.15) is 0 Å². The first-order valence-electron chi connectivity index (χ1n) is 8.25. The van der Waals surface area contributed by atoms with Gasteiger partial charge in [0.05, 0.1) is 10.6 Å². The van der Waals surface area contributed by atoms with Gasteiger partial charge in [0.2, 0.25) is 5.91 Å². The Bertz CT molecular complexity index is 1090. The van der Waals surface area contributed by atoms with Crippen molar-refractivity contribution in [2.75, 3.05) is 16.2 Å². The van der Waals surface area contributed by atoms with Crippen LogP contribution in [0.15, 0.2) is 92.7 Å². The second-order valence-electron chi connectivity index (χ2n) is 5.86. The fourth-order valence-corrected chi connectivity index (χ4v) is 4.78. The molecule has 0 spiro atoms. The van der Waals surface area contributed by atoms with Crippen LogP contribution in [0.5, 0.6) is 0 Å². The number of amides is 1. The number of nitrogens with one attached hydrogen (secondary N) is 1. The standard InChI is InChI=1S/C20H16Br2N2O3S/c21-15-6-4-8-17(12-15)23-20(25)14-24(18-9-5-7-16(22)13-18)28(26,27)19-10-2-1-3-11-19/h1-13H,14H2,(H,23,25). The van der Waals surface area contributed by atoms with Crippen molar-refractivity contribution >= 4 is 59.2 Å². The number of carbonyl (C=O) groups is 1. The highest BCUT2D eigenvalue weighted by atomic mass is 79.9. The SMILES string of the molecule is O=C(CN(c1cccc(Br)c1)S(=O)(=O)c1ccccc1)Nc1cccc(Br)c1. The van der Waals surface area contributed by atoms with Crippen LogP contribution in [-0.2, 0) is 14.8 Å². The van der Waals surface area contributed by atoms with Crippen LogP contribution >= 0.6 is 31.9 Å². The van der Waals surface area contributed by atoms with E-state index in [1.165, 1.54) is 12.1 Å². The van der Waals surface area contributed by atoms with Crippen LogP contribution in [-0.4, -0.2) is 20.9 Å². The van der Waals surface area contributed by atoms with Gasteiger partial charge >= 0.3 is 0 Å². The largest absolute Gasteiger partial charge is 0.324 e. The van der Waals surface area contributed by atoms with Crippen LogP contribution in [0.2, 0.25) is 0 Å². The summed E-state index contributed by atoms with van der Waals surface area (Å²) in [6.07, 6.45) is 0. The molecule has 3 aromatic rings. The van der Waals surface area contributed by atoms with Crippen LogP contribution in [0.3, 0.4) is 0 Å². The van der Waals surface area contributed by atoms with E-state index in [4.69, 9.17) is 0 Å². The zero-order valence-corrected chi connectivity index (χ0v) is 18.5. The summed E-state index contributed by atoms with van der Waals surface area (Å²) >= 11 is 6.70. The number of carbonyl (C=O) groups excluding carboxylic acids is 1. The molecule has 0 saturated carbocycles. The number of nitrogens with zero attached hydrogens (tertiary/aromatic N) is 1. The van der Waals surface area contributed by atoms with Crippen molar-refractivity contribution in [2.45, 2.75) is 4.90 Å². The molecule has 5 nitrogen and oxygen atoms in total. The van der Waals surface area contributed by atoms with Gasteiger partial charge in [0, 0.05) is 14.6 Å². The van der Waals surface area contributed by atoms with Gasteiger partial charge in [0.1, 0.15) is 6.54 Å². The molecule has 28 heavy (non-hydrogen) atoms. The molecule has 0 fully saturated rings. The molecule has 0 bridgehead atoms. The fourth-order valence-electron chi connectivity index (χ4n) is 2.56. The Labute approximate surface area is 180 Å². The van der Waals surface area contributed by atoms with E-state index in [0.717, 1.165) is 8.78 Å². The average Bonchev–Trinajstić information content (AvgIpc) is 2.67. The molecule has 0 aliphatic heterocycles. The summed E-state index contributed by atoms with van der Waals surface area (Å²) in [6.45, 7) is -0.361. The average molecular weight is 524 g/mol. The molecule has 0 saturated heterocycles. The molecule has 0 radical (unpaired) electrons. The van der Waals surface area contributed by atoms with Gasteiger partial charge in [-0.05, 0) is 48.5 Å². The number of sulfonamides is 1. The van der Waals surface area contributed by atoms with E-state index in [0.29, 0.717) is 15.8 Å². The molecule has 0 heterocycles. The molecule has 0 aliphatic rings. The maximum atomic E-state index is 13.2. The van der Waals surface area contributed by atoms with Crippen LogP contribution in [0.4, 0.5) is 11.4 Å². The summed E-state index contributed by atoms with van der Waals surface area (Å²) in [4.78, 5) is 12.7. The zero-order chi connectivity index (χ0) is 20.1. The number of hydrogen-bond acceptors (Lipinski definition) is 3. The number of hydrogen-bond donors (Lipinski definition) is 1. The first-order valence-corrected chi connectivity index (χ1v) is 11.3. The molecule has 1 N–H and O–H groups in total. The van der Waals surface area contributed by atoms with Crippen LogP contribution in [0, 0.1) is 0 Å². The van der Waals surface area contributed by atoms with Crippen molar-refractivity contribution in [3.05, 3.63) is 87.8 Å². The second kappa shape index (κ2) is 8.89. The zero-order valence-electron chi connectivity index (χ0n) is 14.5. The van der Waals surface area contributed by atoms with Gasteiger partial charge < -0.3 is 5.32 Å². The van der Waals surface area contributed by atoms with E-state index in [-0.39, 0.29) is 11.4 Å². The normalized spacial score (nSPS) is 11.1. The van der Waals surface area contributed by atoms with E-state index in [2.05, 4.69) is 37.2 Å². The van der Waals surface area contributed by atoms with E-state index in [1.54, 1.807) is 60.7 Å². The quantitative estimate of drug-likeness (QED) is 0.492. The number of anilines is 2. The Hall–Kier alpha value is -2.16. The van der Waals surface area contributed by atoms with Gasteiger partial charge in [-0.3, -0.25) is 9.10 Å². The predicted molar refractivity (Wildman–Crippen MR) is 118 cm³/mol. The lowest BCUT2D eigenvalue weighted by Crippen LogP contribution is -2.38. The summed E-state index contributed by atoms with van der Waals surface area (Å²) < 4.78 is 29.0. The van der Waals surface area contributed by atoms with Crippen LogP contribution < -0.4 is 9.62 Å². The van der Waals surface area contributed by atoms with E-state index in [9.17, 15) is 13.2 Å². The third-order valence-corrected chi connectivity index (χ3v) is 6.60. The number of rotatable bonds is 6. The molecular weight excluding hydrogens is 508 g/mol. The lowest BCUT2D eigenvalue weighted by atomic mass is 10.3. The number of halogens is 2. The molecule has 3 rings (SSSR count). The molecule has 0 unspecified atom stereocenters. The van der Waals surface area contributed by atoms with E-state index < -0.39 is 15.9 Å². The van der Waals surface area contributed by atoms with Crippen molar-refractivity contribution in [3.8, 4) is 0 Å². The highest BCUT2D eigenvalue weighted by Crippen LogP contribution is 2.26. The lowest BCUT2D eigenvalue weighted by molar-refractivity contribution is -0.114. The topological polar surface area (TPSA) is 66.5 Å². The van der Waals surface area contributed by atoms with E-state index in [1.807, 2.05) is 6.07 Å². The Morgan fingerprint density at radius 1 is 0.857 bits per heavy atom. The molecule has 3 aromatic carbocycles. The van der Waals surface area contributed by atoms with Crippen LogP contribution in [0.25, 0.3) is 0 Å². The van der Waals surface area contributed by atoms with Gasteiger partial charge in [-0.25, -0.2) is 8.42 Å².